The highest BCUT2D eigenvalue weighted by molar-refractivity contribution is 7.99. The predicted molar refractivity (Wildman–Crippen MR) is 79.3 cm³/mol. The molecule has 1 saturated carbocycles. The third kappa shape index (κ3) is 3.39. The molecule has 0 radical (unpaired) electrons. The molecule has 1 N–H and O–H groups in total. The fraction of sp³-hybridized carbons (Fsp3) is 0.692. The Bertz CT molecular complexity index is 544. The molecule has 2 fully saturated rings. The van der Waals surface area contributed by atoms with E-state index in [1.807, 2.05) is 11.8 Å². The summed E-state index contributed by atoms with van der Waals surface area (Å²) in [7, 11) is -3.46. The van der Waals surface area contributed by atoms with Crippen LogP contribution in [0.25, 0.3) is 0 Å². The van der Waals surface area contributed by atoms with Gasteiger partial charge < -0.3 is 9.73 Å². The van der Waals surface area contributed by atoms with Crippen LogP contribution in [0, 0.1) is 0 Å². The summed E-state index contributed by atoms with van der Waals surface area (Å²) in [5.41, 5.74) is 0. The van der Waals surface area contributed by atoms with Gasteiger partial charge in [0.25, 0.3) is 10.0 Å². The van der Waals surface area contributed by atoms with E-state index < -0.39 is 10.0 Å². The van der Waals surface area contributed by atoms with E-state index in [1.165, 1.54) is 12.8 Å². The molecule has 1 aliphatic heterocycles. The first-order valence-corrected chi connectivity index (χ1v) is 9.66. The molecule has 20 heavy (non-hydrogen) atoms. The van der Waals surface area contributed by atoms with E-state index in [1.54, 1.807) is 16.4 Å². The molecule has 3 rings (SSSR count). The van der Waals surface area contributed by atoms with Crippen molar-refractivity contribution < 1.29 is 12.8 Å². The van der Waals surface area contributed by atoms with Crippen LogP contribution in [0.1, 0.15) is 25.0 Å². The maximum absolute atomic E-state index is 12.5. The second-order valence-corrected chi connectivity index (χ2v) is 8.34. The van der Waals surface area contributed by atoms with E-state index in [2.05, 4.69) is 5.32 Å². The minimum atomic E-state index is -3.46. The number of nitrogens with zero attached hydrogens (tertiary/aromatic N) is 1. The van der Waals surface area contributed by atoms with E-state index in [0.717, 1.165) is 17.9 Å². The summed E-state index contributed by atoms with van der Waals surface area (Å²) in [5, 5.41) is 3.40. The van der Waals surface area contributed by atoms with E-state index in [-0.39, 0.29) is 5.09 Å². The quantitative estimate of drug-likeness (QED) is 0.895. The highest BCUT2D eigenvalue weighted by Crippen LogP contribution is 2.23. The van der Waals surface area contributed by atoms with Crippen molar-refractivity contribution in [1.82, 2.24) is 9.62 Å². The van der Waals surface area contributed by atoms with Crippen LogP contribution in [0.5, 0.6) is 0 Å². The molecule has 0 amide bonds. The van der Waals surface area contributed by atoms with Crippen molar-refractivity contribution in [3.63, 3.8) is 0 Å². The Balaban J connectivity index is 1.69. The predicted octanol–water partition coefficient (Wildman–Crippen LogP) is 1.66. The minimum absolute atomic E-state index is 0.0806. The van der Waals surface area contributed by atoms with Gasteiger partial charge >= 0.3 is 0 Å². The SMILES string of the molecule is O=S(=O)(c1ccc(CNC2CC2)o1)N1CCCSCC1. The monoisotopic (exact) mass is 316 g/mol. The maximum Gasteiger partial charge on any atom is 0.276 e. The molecule has 0 aromatic carbocycles. The maximum atomic E-state index is 12.5. The standard InChI is InChI=1S/C13H20N2O3S2/c16-20(17,15-6-1-8-19-9-7-15)13-5-4-12(18-13)10-14-11-2-3-11/h4-5,11,14H,1-3,6-10H2. The van der Waals surface area contributed by atoms with Gasteiger partial charge in [-0.3, -0.25) is 0 Å². The topological polar surface area (TPSA) is 62.6 Å². The van der Waals surface area contributed by atoms with Gasteiger partial charge in [0.1, 0.15) is 5.76 Å². The molecule has 0 spiro atoms. The first-order valence-electron chi connectivity index (χ1n) is 7.06. The minimum Gasteiger partial charge on any atom is -0.447 e. The second-order valence-electron chi connectivity index (χ2n) is 5.25. The Morgan fingerprint density at radius 2 is 2.15 bits per heavy atom. The lowest BCUT2D eigenvalue weighted by molar-refractivity contribution is 0.370. The summed E-state index contributed by atoms with van der Waals surface area (Å²) < 4.78 is 32.1. The summed E-state index contributed by atoms with van der Waals surface area (Å²) in [6.07, 6.45) is 3.31. The molecule has 0 unspecified atom stereocenters. The normalized spacial score (nSPS) is 21.8. The molecule has 112 valence electrons. The van der Waals surface area contributed by atoms with E-state index in [9.17, 15) is 8.42 Å². The molecule has 1 aliphatic carbocycles. The summed E-state index contributed by atoms with van der Waals surface area (Å²) >= 11 is 1.81. The van der Waals surface area contributed by atoms with Crippen LogP contribution in [0.2, 0.25) is 0 Å². The van der Waals surface area contributed by atoms with Gasteiger partial charge in [0, 0.05) is 24.9 Å². The van der Waals surface area contributed by atoms with Crippen molar-refractivity contribution in [2.45, 2.75) is 36.9 Å². The van der Waals surface area contributed by atoms with Gasteiger partial charge in [0.2, 0.25) is 5.09 Å². The van der Waals surface area contributed by atoms with Crippen LogP contribution in [-0.2, 0) is 16.6 Å². The van der Waals surface area contributed by atoms with Crippen molar-refractivity contribution >= 4 is 21.8 Å². The van der Waals surface area contributed by atoms with Crippen molar-refractivity contribution in [2.75, 3.05) is 24.6 Å². The average Bonchev–Trinajstić information content (AvgIpc) is 3.19. The smallest absolute Gasteiger partial charge is 0.276 e. The van der Waals surface area contributed by atoms with E-state index in [4.69, 9.17) is 4.42 Å². The van der Waals surface area contributed by atoms with Crippen LogP contribution in [0.4, 0.5) is 0 Å². The summed E-state index contributed by atoms with van der Waals surface area (Å²) in [6.45, 7) is 1.77. The molecule has 2 heterocycles. The molecule has 1 saturated heterocycles. The Kier molecular flexibility index (Phi) is 4.40. The van der Waals surface area contributed by atoms with Crippen molar-refractivity contribution in [2.24, 2.45) is 0 Å². The van der Waals surface area contributed by atoms with Crippen molar-refractivity contribution in [3.8, 4) is 0 Å². The molecular weight excluding hydrogens is 296 g/mol. The number of hydrogen-bond donors (Lipinski definition) is 1. The van der Waals surface area contributed by atoms with Crippen LogP contribution >= 0.6 is 11.8 Å². The highest BCUT2D eigenvalue weighted by atomic mass is 32.2. The molecule has 1 aromatic rings. The molecule has 0 atom stereocenters. The lowest BCUT2D eigenvalue weighted by Gasteiger charge is -2.17. The molecule has 5 nitrogen and oxygen atoms in total. The lowest BCUT2D eigenvalue weighted by Crippen LogP contribution is -2.32. The van der Waals surface area contributed by atoms with Gasteiger partial charge in [0.15, 0.2) is 0 Å². The number of thioether (sulfide) groups is 1. The number of nitrogens with one attached hydrogen (secondary N) is 1. The molecule has 7 heteroatoms. The van der Waals surface area contributed by atoms with Gasteiger partial charge in [-0.05, 0) is 37.1 Å². The Morgan fingerprint density at radius 1 is 1.30 bits per heavy atom. The van der Waals surface area contributed by atoms with Crippen LogP contribution < -0.4 is 5.32 Å². The third-order valence-corrected chi connectivity index (χ3v) is 6.38. The third-order valence-electron chi connectivity index (χ3n) is 3.55. The van der Waals surface area contributed by atoms with Crippen molar-refractivity contribution in [1.29, 1.82) is 0 Å². The molecule has 2 aliphatic rings. The molecule has 0 bridgehead atoms. The van der Waals surface area contributed by atoms with E-state index in [0.29, 0.717) is 31.4 Å². The van der Waals surface area contributed by atoms with Gasteiger partial charge in [-0.15, -0.1) is 0 Å². The zero-order valence-electron chi connectivity index (χ0n) is 11.4. The van der Waals surface area contributed by atoms with E-state index >= 15 is 0 Å². The Hall–Kier alpha value is -0.500. The first-order chi connectivity index (χ1) is 9.66. The number of sulfonamides is 1. The van der Waals surface area contributed by atoms with Gasteiger partial charge in [-0.1, -0.05) is 0 Å². The number of hydrogen-bond acceptors (Lipinski definition) is 5. The molecule has 1 aromatic heterocycles. The summed E-state index contributed by atoms with van der Waals surface area (Å²) in [5.74, 6) is 2.58. The van der Waals surface area contributed by atoms with Gasteiger partial charge in [0.05, 0.1) is 6.54 Å². The first kappa shape index (κ1) is 14.4. The zero-order valence-corrected chi connectivity index (χ0v) is 13.0. The lowest BCUT2D eigenvalue weighted by atomic mass is 10.4. The van der Waals surface area contributed by atoms with Crippen LogP contribution in [-0.4, -0.2) is 43.4 Å². The molecular formula is C13H20N2O3S2. The van der Waals surface area contributed by atoms with Crippen LogP contribution in [0.15, 0.2) is 21.6 Å². The van der Waals surface area contributed by atoms with Crippen LogP contribution in [0.3, 0.4) is 0 Å². The largest absolute Gasteiger partial charge is 0.447 e. The second kappa shape index (κ2) is 6.09. The fourth-order valence-corrected chi connectivity index (χ4v) is 4.63. The average molecular weight is 316 g/mol. The zero-order chi connectivity index (χ0) is 14.0. The summed E-state index contributed by atoms with van der Waals surface area (Å²) in [4.78, 5) is 0. The Labute approximate surface area is 124 Å². The Morgan fingerprint density at radius 3 is 2.95 bits per heavy atom. The highest BCUT2D eigenvalue weighted by Gasteiger charge is 2.28. The summed E-state index contributed by atoms with van der Waals surface area (Å²) in [6, 6.07) is 3.93. The number of rotatable bonds is 5. The number of furan rings is 1. The van der Waals surface area contributed by atoms with Crippen molar-refractivity contribution in [3.05, 3.63) is 17.9 Å². The fourth-order valence-electron chi connectivity index (χ4n) is 2.22. The van der Waals surface area contributed by atoms with Gasteiger partial charge in [-0.25, -0.2) is 8.42 Å². The van der Waals surface area contributed by atoms with Gasteiger partial charge in [-0.2, -0.15) is 16.1 Å².